The Morgan fingerprint density at radius 3 is 2.79 bits per heavy atom. The van der Waals surface area contributed by atoms with Crippen LogP contribution in [-0.2, 0) is 18.6 Å². The quantitative estimate of drug-likeness (QED) is 0.833. The molecule has 0 radical (unpaired) electrons. The van der Waals surface area contributed by atoms with E-state index < -0.39 is 22.8 Å². The van der Waals surface area contributed by atoms with Gasteiger partial charge in [-0.15, -0.1) is 0 Å². The Kier molecular flexibility index (Phi) is 4.45. The molecule has 2 aromatic rings. The molecule has 2 N–H and O–H groups in total. The fourth-order valence-corrected chi connectivity index (χ4v) is 4.44. The lowest BCUT2D eigenvalue weighted by molar-refractivity contribution is 0.0928. The molecule has 2 bridgehead atoms. The van der Waals surface area contributed by atoms with Crippen LogP contribution in [0.15, 0.2) is 29.1 Å². The summed E-state index contributed by atoms with van der Waals surface area (Å²) in [4.78, 5) is 31.9. The summed E-state index contributed by atoms with van der Waals surface area (Å²) >= 11 is 0. The summed E-state index contributed by atoms with van der Waals surface area (Å²) in [5.41, 5.74) is -0.533. The first-order valence-electron chi connectivity index (χ1n) is 9.36. The van der Waals surface area contributed by atoms with E-state index in [0.29, 0.717) is 23.9 Å². The summed E-state index contributed by atoms with van der Waals surface area (Å²) in [6, 6.07) is 5.73. The number of amides is 1. The topological polar surface area (TPSA) is 87.5 Å². The average molecular weight is 386 g/mol. The van der Waals surface area contributed by atoms with Gasteiger partial charge in [0.2, 0.25) is 5.75 Å². The minimum absolute atomic E-state index is 0.138. The van der Waals surface area contributed by atoms with Gasteiger partial charge >= 0.3 is 0 Å². The van der Waals surface area contributed by atoms with Crippen molar-refractivity contribution >= 4 is 5.91 Å². The van der Waals surface area contributed by atoms with Crippen LogP contribution in [0, 0.1) is 11.7 Å². The Bertz CT molecular complexity index is 986. The van der Waals surface area contributed by atoms with E-state index in [4.69, 9.17) is 0 Å². The van der Waals surface area contributed by atoms with E-state index in [9.17, 15) is 19.1 Å². The number of nitrogens with one attached hydrogen (secondary N) is 1. The highest BCUT2D eigenvalue weighted by Gasteiger charge is 2.49. The molecular formula is C20H23FN4O3. The van der Waals surface area contributed by atoms with Crippen molar-refractivity contribution in [1.29, 1.82) is 0 Å². The van der Waals surface area contributed by atoms with Gasteiger partial charge in [0.15, 0.2) is 5.69 Å². The van der Waals surface area contributed by atoms with Crippen LogP contribution in [0.5, 0.6) is 5.75 Å². The first kappa shape index (κ1) is 18.6. The molecule has 2 atom stereocenters. The maximum atomic E-state index is 13.0. The molecule has 1 aromatic carbocycles. The molecule has 2 aliphatic rings. The van der Waals surface area contributed by atoms with Gasteiger partial charge in [-0.25, -0.2) is 9.37 Å². The lowest BCUT2D eigenvalue weighted by atomic mass is 9.89. The minimum Gasteiger partial charge on any atom is -0.501 e. The first-order chi connectivity index (χ1) is 13.3. The number of carbonyl (C=O) groups is 1. The number of hydrogen-bond donors (Lipinski definition) is 2. The van der Waals surface area contributed by atoms with E-state index in [0.717, 1.165) is 19.3 Å². The number of carbonyl (C=O) groups excluding carboxylic acids is 1. The molecule has 28 heavy (non-hydrogen) atoms. The summed E-state index contributed by atoms with van der Waals surface area (Å²) in [5.74, 6) is -0.708. The fourth-order valence-electron chi connectivity index (χ4n) is 4.44. The van der Waals surface area contributed by atoms with Gasteiger partial charge in [0, 0.05) is 13.1 Å². The molecule has 1 aromatic heterocycles. The Morgan fingerprint density at radius 1 is 1.39 bits per heavy atom. The normalized spacial score (nSPS) is 22.9. The Balaban J connectivity index is 1.68. The molecule has 0 saturated heterocycles. The van der Waals surface area contributed by atoms with Crippen molar-refractivity contribution in [1.82, 2.24) is 19.8 Å². The third-order valence-corrected chi connectivity index (χ3v) is 6.03. The van der Waals surface area contributed by atoms with Gasteiger partial charge in [0.25, 0.3) is 11.5 Å². The third-order valence-electron chi connectivity index (χ3n) is 6.03. The molecule has 1 saturated carbocycles. The van der Waals surface area contributed by atoms with Crippen molar-refractivity contribution in [2.24, 2.45) is 5.92 Å². The molecule has 1 amide bonds. The number of halogens is 1. The highest BCUT2D eigenvalue weighted by atomic mass is 19.1. The molecule has 2 heterocycles. The fraction of sp³-hybridized carbons (Fsp3) is 0.450. The van der Waals surface area contributed by atoms with Crippen LogP contribution in [0.2, 0.25) is 0 Å². The predicted octanol–water partition coefficient (Wildman–Crippen LogP) is 1.59. The van der Waals surface area contributed by atoms with E-state index in [1.807, 2.05) is 14.1 Å². The zero-order valence-electron chi connectivity index (χ0n) is 15.9. The van der Waals surface area contributed by atoms with Crippen molar-refractivity contribution in [2.75, 3.05) is 14.1 Å². The van der Waals surface area contributed by atoms with Crippen LogP contribution in [0.25, 0.3) is 0 Å². The summed E-state index contributed by atoms with van der Waals surface area (Å²) in [5, 5.41) is 13.0. The minimum atomic E-state index is -0.629. The molecule has 8 heteroatoms. The number of fused-ring (bicyclic) bond motifs is 4. The van der Waals surface area contributed by atoms with Crippen LogP contribution in [0.3, 0.4) is 0 Å². The van der Waals surface area contributed by atoms with Crippen molar-refractivity contribution in [3.05, 3.63) is 57.5 Å². The lowest BCUT2D eigenvalue weighted by Crippen LogP contribution is -2.48. The average Bonchev–Trinajstić information content (AvgIpc) is 3.04. The van der Waals surface area contributed by atoms with Crippen LogP contribution in [0.4, 0.5) is 4.39 Å². The van der Waals surface area contributed by atoms with Crippen LogP contribution >= 0.6 is 0 Å². The van der Waals surface area contributed by atoms with Gasteiger partial charge in [-0.1, -0.05) is 12.1 Å². The molecule has 0 spiro atoms. The molecule has 1 fully saturated rings. The van der Waals surface area contributed by atoms with Crippen LogP contribution in [-0.4, -0.2) is 39.6 Å². The zero-order chi connectivity index (χ0) is 20.1. The number of aromatic hydroxyl groups is 1. The Hall–Kier alpha value is -2.74. The van der Waals surface area contributed by atoms with Gasteiger partial charge in [0.1, 0.15) is 11.6 Å². The zero-order valence-corrected chi connectivity index (χ0v) is 15.9. The smallest absolute Gasteiger partial charge is 0.296 e. The number of benzene rings is 1. The highest BCUT2D eigenvalue weighted by Crippen LogP contribution is 2.48. The largest absolute Gasteiger partial charge is 0.501 e. The summed E-state index contributed by atoms with van der Waals surface area (Å²) in [6.45, 7) is 0.654. The van der Waals surface area contributed by atoms with Crippen molar-refractivity contribution in [3.63, 3.8) is 0 Å². The number of nitrogens with zero attached hydrogens (tertiary/aromatic N) is 3. The van der Waals surface area contributed by atoms with Gasteiger partial charge < -0.3 is 10.4 Å². The van der Waals surface area contributed by atoms with Crippen molar-refractivity contribution in [3.8, 4) is 5.75 Å². The number of rotatable bonds is 4. The second kappa shape index (κ2) is 6.70. The highest BCUT2D eigenvalue weighted by molar-refractivity contribution is 5.94. The standard InChI is InChI=1S/C20H23FN4O3/c1-24(2)20-8-7-13(9-20)11-25-18(28)16(26)15(23-19(20)25)17(27)22-10-12-3-5-14(21)6-4-12/h3-6,13,26H,7-11H2,1-2H3,(H,22,27)/t13-,20-/m1/s1. The molecular weight excluding hydrogens is 363 g/mol. The van der Waals surface area contributed by atoms with Crippen LogP contribution < -0.4 is 10.9 Å². The van der Waals surface area contributed by atoms with Gasteiger partial charge in [-0.2, -0.15) is 0 Å². The SMILES string of the molecule is CN(C)[C@@]12CC[C@@H](Cn3c1nc(C(=O)NCc1ccc(F)cc1)c(O)c3=O)C2. The monoisotopic (exact) mass is 386 g/mol. The second-order valence-corrected chi connectivity index (χ2v) is 7.89. The molecule has 4 rings (SSSR count). The van der Waals surface area contributed by atoms with E-state index in [1.54, 1.807) is 12.1 Å². The van der Waals surface area contributed by atoms with E-state index in [1.165, 1.54) is 16.7 Å². The van der Waals surface area contributed by atoms with Gasteiger partial charge in [-0.3, -0.25) is 19.1 Å². The summed E-state index contributed by atoms with van der Waals surface area (Å²) < 4.78 is 14.5. The number of aromatic nitrogens is 2. The van der Waals surface area contributed by atoms with Gasteiger partial charge in [0.05, 0.1) is 5.54 Å². The lowest BCUT2D eigenvalue weighted by Gasteiger charge is -2.40. The van der Waals surface area contributed by atoms with E-state index >= 15 is 0 Å². The maximum absolute atomic E-state index is 13.0. The molecule has 1 aliphatic heterocycles. The predicted molar refractivity (Wildman–Crippen MR) is 100 cm³/mol. The third kappa shape index (κ3) is 2.88. The van der Waals surface area contributed by atoms with E-state index in [2.05, 4.69) is 15.2 Å². The first-order valence-corrected chi connectivity index (χ1v) is 9.36. The Morgan fingerprint density at radius 2 is 2.11 bits per heavy atom. The Labute approximate surface area is 161 Å². The van der Waals surface area contributed by atoms with Crippen LogP contribution in [0.1, 0.15) is 41.1 Å². The number of hydrogen-bond acceptors (Lipinski definition) is 5. The second-order valence-electron chi connectivity index (χ2n) is 7.89. The van der Waals surface area contributed by atoms with Crippen molar-refractivity contribution in [2.45, 2.75) is 37.9 Å². The van der Waals surface area contributed by atoms with Crippen molar-refractivity contribution < 1.29 is 14.3 Å². The molecule has 0 unspecified atom stereocenters. The molecule has 1 aliphatic carbocycles. The van der Waals surface area contributed by atoms with Gasteiger partial charge in [-0.05, 0) is 57.0 Å². The molecule has 148 valence electrons. The maximum Gasteiger partial charge on any atom is 0.296 e. The summed E-state index contributed by atoms with van der Waals surface area (Å²) in [6.07, 6.45) is 2.72. The molecule has 7 nitrogen and oxygen atoms in total. The van der Waals surface area contributed by atoms with E-state index in [-0.39, 0.29) is 18.1 Å². The summed E-state index contributed by atoms with van der Waals surface area (Å²) in [7, 11) is 3.90.